The lowest BCUT2D eigenvalue weighted by Gasteiger charge is -2.25. The quantitative estimate of drug-likeness (QED) is 0.660. The van der Waals surface area contributed by atoms with Crippen LogP contribution in [0.25, 0.3) is 0 Å². The van der Waals surface area contributed by atoms with E-state index in [1.807, 2.05) is 20.8 Å². The molecule has 0 aromatic carbocycles. The zero-order chi connectivity index (χ0) is 11.4. The molecule has 0 rings (SSSR count). The van der Waals surface area contributed by atoms with Crippen LogP contribution in [-0.2, 0) is 9.09 Å². The van der Waals surface area contributed by atoms with E-state index < -0.39 is 5.77 Å². The van der Waals surface area contributed by atoms with Gasteiger partial charge in [-0.2, -0.15) is 0 Å². The molecule has 2 nitrogen and oxygen atoms in total. The summed E-state index contributed by atoms with van der Waals surface area (Å²) in [4.78, 5) is 0. The minimum atomic E-state index is -2.56. The molecular formula is C9H21O2PS2. The van der Waals surface area contributed by atoms with E-state index in [4.69, 9.17) is 4.52 Å². The smallest absolute Gasteiger partial charge is 0.313 e. The van der Waals surface area contributed by atoms with Crippen LogP contribution in [0.5, 0.6) is 0 Å². The summed E-state index contributed by atoms with van der Waals surface area (Å²) in [6.07, 6.45) is 0. The van der Waals surface area contributed by atoms with E-state index in [9.17, 15) is 4.57 Å². The van der Waals surface area contributed by atoms with Crippen LogP contribution in [0, 0.1) is 0 Å². The van der Waals surface area contributed by atoms with Crippen molar-refractivity contribution in [3.05, 3.63) is 0 Å². The molecular weight excluding hydrogens is 235 g/mol. The van der Waals surface area contributed by atoms with Gasteiger partial charge in [-0.25, -0.2) is 0 Å². The molecule has 0 heterocycles. The fourth-order valence-corrected chi connectivity index (χ4v) is 11.1. The van der Waals surface area contributed by atoms with Crippen molar-refractivity contribution in [1.82, 2.24) is 0 Å². The normalized spacial score (nSPS) is 17.1. The average Bonchev–Trinajstić information content (AvgIpc) is 1.78. The highest BCUT2D eigenvalue weighted by atomic mass is 33.1. The molecule has 0 aliphatic heterocycles. The van der Waals surface area contributed by atoms with Gasteiger partial charge in [0.1, 0.15) is 0 Å². The maximum Gasteiger partial charge on any atom is 0.313 e. The standard InChI is InChI=1S/C9H21O2PS2/c1-7-11-12(10,13-8(2)3)14-9(4,5)6/h8H,7H2,1-6H3. The highest BCUT2D eigenvalue weighted by Gasteiger charge is 2.32. The van der Waals surface area contributed by atoms with Crippen LogP contribution in [-0.4, -0.2) is 16.6 Å². The van der Waals surface area contributed by atoms with Gasteiger partial charge in [0.2, 0.25) is 0 Å². The predicted octanol–water partition coefficient (Wildman–Crippen LogP) is 4.80. The Kier molecular flexibility index (Phi) is 6.20. The first kappa shape index (κ1) is 14.9. The number of hydrogen-bond acceptors (Lipinski definition) is 4. The summed E-state index contributed by atoms with van der Waals surface area (Å²) in [7, 11) is 0. The van der Waals surface area contributed by atoms with Crippen molar-refractivity contribution in [2.24, 2.45) is 0 Å². The first-order valence-corrected chi connectivity index (χ1v) is 9.35. The molecule has 5 heteroatoms. The molecule has 0 saturated heterocycles. The monoisotopic (exact) mass is 256 g/mol. The summed E-state index contributed by atoms with van der Waals surface area (Å²) < 4.78 is 17.7. The molecule has 0 amide bonds. The van der Waals surface area contributed by atoms with Gasteiger partial charge < -0.3 is 4.52 Å². The molecule has 1 atom stereocenters. The highest BCUT2D eigenvalue weighted by molar-refractivity contribution is 8.89. The summed E-state index contributed by atoms with van der Waals surface area (Å²) in [6.45, 7) is 12.7. The zero-order valence-corrected chi connectivity index (χ0v) is 12.4. The minimum absolute atomic E-state index is 0.0212. The summed E-state index contributed by atoms with van der Waals surface area (Å²) in [5.74, 6) is -2.56. The second-order valence-corrected chi connectivity index (χ2v) is 12.7. The lowest BCUT2D eigenvalue weighted by molar-refractivity contribution is 0.357. The van der Waals surface area contributed by atoms with Crippen LogP contribution in [0.2, 0.25) is 0 Å². The van der Waals surface area contributed by atoms with Gasteiger partial charge in [0.25, 0.3) is 0 Å². The Morgan fingerprint density at radius 2 is 1.86 bits per heavy atom. The maximum atomic E-state index is 12.3. The maximum absolute atomic E-state index is 12.3. The van der Waals surface area contributed by atoms with Crippen LogP contribution < -0.4 is 0 Å². The molecule has 0 bridgehead atoms. The van der Waals surface area contributed by atoms with Crippen molar-refractivity contribution in [2.45, 2.75) is 51.5 Å². The third-order valence-electron chi connectivity index (χ3n) is 1.01. The summed E-state index contributed by atoms with van der Waals surface area (Å²) in [6, 6.07) is 0. The van der Waals surface area contributed by atoms with Crippen molar-refractivity contribution in [1.29, 1.82) is 0 Å². The van der Waals surface area contributed by atoms with Crippen molar-refractivity contribution in [3.63, 3.8) is 0 Å². The second kappa shape index (κ2) is 5.83. The molecule has 0 fully saturated rings. The first-order chi connectivity index (χ1) is 6.18. The molecule has 0 aliphatic carbocycles. The van der Waals surface area contributed by atoms with E-state index in [2.05, 4.69) is 20.8 Å². The highest BCUT2D eigenvalue weighted by Crippen LogP contribution is 2.73. The van der Waals surface area contributed by atoms with Gasteiger partial charge in [-0.05, 0) is 6.92 Å². The van der Waals surface area contributed by atoms with Crippen molar-refractivity contribution in [2.75, 3.05) is 6.61 Å². The van der Waals surface area contributed by atoms with E-state index in [1.54, 1.807) is 0 Å². The van der Waals surface area contributed by atoms with Crippen LogP contribution >= 0.6 is 28.5 Å². The molecule has 0 aromatic rings. The van der Waals surface area contributed by atoms with E-state index >= 15 is 0 Å². The SMILES string of the molecule is CCOP(=O)(SC(C)C)SC(C)(C)C. The lowest BCUT2D eigenvalue weighted by Crippen LogP contribution is -2.07. The Bertz CT molecular complexity index is 211. The number of hydrogen-bond donors (Lipinski definition) is 0. The first-order valence-electron chi connectivity index (χ1n) is 4.82. The Labute approximate surface area is 95.9 Å². The van der Waals surface area contributed by atoms with Crippen LogP contribution in [0.1, 0.15) is 41.5 Å². The van der Waals surface area contributed by atoms with E-state index in [1.165, 1.54) is 22.8 Å². The van der Waals surface area contributed by atoms with Crippen LogP contribution in [0.4, 0.5) is 0 Å². The van der Waals surface area contributed by atoms with Crippen molar-refractivity contribution >= 4 is 28.5 Å². The fourth-order valence-electron chi connectivity index (χ4n) is 0.830. The molecule has 14 heavy (non-hydrogen) atoms. The third kappa shape index (κ3) is 7.22. The average molecular weight is 256 g/mol. The van der Waals surface area contributed by atoms with Gasteiger partial charge in [-0.15, -0.1) is 0 Å². The molecule has 86 valence electrons. The molecule has 0 saturated carbocycles. The van der Waals surface area contributed by atoms with E-state index in [-0.39, 0.29) is 4.75 Å². The molecule has 1 unspecified atom stereocenters. The van der Waals surface area contributed by atoms with Gasteiger partial charge in [-0.3, -0.25) is 4.57 Å². The topological polar surface area (TPSA) is 26.3 Å². The van der Waals surface area contributed by atoms with Gasteiger partial charge in [0, 0.05) is 10.00 Å². The van der Waals surface area contributed by atoms with Crippen LogP contribution in [0.3, 0.4) is 0 Å². The van der Waals surface area contributed by atoms with E-state index in [0.717, 1.165) is 0 Å². The summed E-state index contributed by atoms with van der Waals surface area (Å²) >= 11 is 2.90. The molecule has 0 aliphatic rings. The van der Waals surface area contributed by atoms with Crippen molar-refractivity contribution in [3.8, 4) is 0 Å². The van der Waals surface area contributed by atoms with E-state index in [0.29, 0.717) is 11.9 Å². The molecule has 0 radical (unpaired) electrons. The largest absolute Gasteiger partial charge is 0.314 e. The second-order valence-electron chi connectivity index (χ2n) is 4.22. The Balaban J connectivity index is 4.48. The predicted molar refractivity (Wildman–Crippen MR) is 69.3 cm³/mol. The summed E-state index contributed by atoms with van der Waals surface area (Å²) in [5.41, 5.74) is 0. The zero-order valence-electron chi connectivity index (χ0n) is 9.86. The Morgan fingerprint density at radius 1 is 1.36 bits per heavy atom. The van der Waals surface area contributed by atoms with Crippen LogP contribution in [0.15, 0.2) is 0 Å². The fraction of sp³-hybridized carbons (Fsp3) is 1.00. The Hall–Kier alpha value is 0.890. The van der Waals surface area contributed by atoms with Crippen molar-refractivity contribution < 1.29 is 9.09 Å². The van der Waals surface area contributed by atoms with Gasteiger partial charge in [0.05, 0.1) is 6.61 Å². The summed E-state index contributed by atoms with van der Waals surface area (Å²) in [5, 5.41) is 0.335. The Morgan fingerprint density at radius 3 is 2.14 bits per heavy atom. The molecule has 0 N–H and O–H groups in total. The molecule has 0 spiro atoms. The van der Waals surface area contributed by atoms with Gasteiger partial charge in [-0.1, -0.05) is 57.4 Å². The minimum Gasteiger partial charge on any atom is -0.314 e. The third-order valence-corrected chi connectivity index (χ3v) is 9.47. The lowest BCUT2D eigenvalue weighted by atomic mass is 10.3. The number of rotatable bonds is 5. The van der Waals surface area contributed by atoms with Gasteiger partial charge >= 0.3 is 5.77 Å². The van der Waals surface area contributed by atoms with Gasteiger partial charge in [0.15, 0.2) is 0 Å². The molecule has 0 aromatic heterocycles.